The van der Waals surface area contributed by atoms with Crippen LogP contribution in [0.25, 0.3) is 10.4 Å². The lowest BCUT2D eigenvalue weighted by Gasteiger charge is -2.09. The minimum Gasteiger partial charge on any atom is -0.396 e. The van der Waals surface area contributed by atoms with Gasteiger partial charge >= 0.3 is 0 Å². The van der Waals surface area contributed by atoms with Gasteiger partial charge in [-0.3, -0.25) is 0 Å². The minimum atomic E-state index is -0.269. The smallest absolute Gasteiger partial charge is 0.0628 e. The third-order valence-corrected chi connectivity index (χ3v) is 1.16. The summed E-state index contributed by atoms with van der Waals surface area (Å²) in [4.78, 5) is 2.59. The summed E-state index contributed by atoms with van der Waals surface area (Å²) in [5.41, 5.74) is 7.96. The third-order valence-electron chi connectivity index (χ3n) is 1.16. The Balaban J connectivity index is 0. The Morgan fingerprint density at radius 1 is 1.67 bits per heavy atom. The van der Waals surface area contributed by atoms with Crippen molar-refractivity contribution in [1.29, 1.82) is 0 Å². The molecule has 0 aromatic heterocycles. The van der Waals surface area contributed by atoms with Crippen molar-refractivity contribution in [2.45, 2.75) is 26.8 Å². The fourth-order valence-electron chi connectivity index (χ4n) is 0.447. The van der Waals surface area contributed by atoms with Gasteiger partial charge in [-0.15, -0.1) is 12.3 Å². The number of hydrogen-bond donors (Lipinski definition) is 1. The SMILES string of the molecule is C#CC.CC(C)[C@@H](CO)N=[N+]=[N-]. The molecule has 4 nitrogen and oxygen atoms in total. The molecular formula is C8H15N3O. The van der Waals surface area contributed by atoms with Gasteiger partial charge in [0.25, 0.3) is 0 Å². The molecule has 1 N–H and O–H groups in total. The van der Waals surface area contributed by atoms with E-state index in [4.69, 9.17) is 10.6 Å². The number of terminal acetylenes is 1. The summed E-state index contributed by atoms with van der Waals surface area (Å²) in [7, 11) is 0. The van der Waals surface area contributed by atoms with E-state index in [0.29, 0.717) is 0 Å². The Bertz CT molecular complexity index is 177. The number of aliphatic hydroxyl groups excluding tert-OH is 1. The predicted octanol–water partition coefficient (Wildman–Crippen LogP) is 1.95. The Morgan fingerprint density at radius 2 is 2.08 bits per heavy atom. The molecule has 0 spiro atoms. The van der Waals surface area contributed by atoms with Gasteiger partial charge in [0.1, 0.15) is 0 Å². The second-order valence-corrected chi connectivity index (χ2v) is 2.49. The molecule has 4 heteroatoms. The van der Waals surface area contributed by atoms with E-state index in [9.17, 15) is 0 Å². The summed E-state index contributed by atoms with van der Waals surface area (Å²) >= 11 is 0. The van der Waals surface area contributed by atoms with Gasteiger partial charge in [0, 0.05) is 4.91 Å². The van der Waals surface area contributed by atoms with Crippen molar-refractivity contribution in [2.24, 2.45) is 11.0 Å². The van der Waals surface area contributed by atoms with Crippen LogP contribution in [0.1, 0.15) is 20.8 Å². The van der Waals surface area contributed by atoms with Gasteiger partial charge < -0.3 is 5.11 Å². The van der Waals surface area contributed by atoms with Crippen LogP contribution in [0.4, 0.5) is 0 Å². The van der Waals surface area contributed by atoms with Gasteiger partial charge in [-0.25, -0.2) is 0 Å². The van der Waals surface area contributed by atoms with Crippen molar-refractivity contribution >= 4 is 0 Å². The monoisotopic (exact) mass is 169 g/mol. The third kappa shape index (κ3) is 8.83. The van der Waals surface area contributed by atoms with Crippen molar-refractivity contribution in [3.8, 4) is 12.3 Å². The summed E-state index contributed by atoms with van der Waals surface area (Å²) in [5, 5.41) is 11.9. The molecule has 0 rings (SSSR count). The largest absolute Gasteiger partial charge is 0.396 e. The van der Waals surface area contributed by atoms with Crippen LogP contribution in [0.3, 0.4) is 0 Å². The van der Waals surface area contributed by atoms with Crippen molar-refractivity contribution in [3.63, 3.8) is 0 Å². The van der Waals surface area contributed by atoms with Crippen LogP contribution >= 0.6 is 0 Å². The summed E-state index contributed by atoms with van der Waals surface area (Å²) in [6.45, 7) is 5.38. The van der Waals surface area contributed by atoms with Gasteiger partial charge in [0.15, 0.2) is 0 Å². The van der Waals surface area contributed by atoms with Crippen LogP contribution in [0.15, 0.2) is 5.11 Å². The number of hydrogen-bond acceptors (Lipinski definition) is 2. The zero-order valence-electron chi connectivity index (χ0n) is 7.73. The Hall–Kier alpha value is -1.17. The standard InChI is InChI=1S/C5H11N3O.C3H4/c1-4(2)5(3-9)7-8-6;1-3-2/h4-5,9H,3H2,1-2H3;1H,2H3/t5-;/m1./s1. The maximum absolute atomic E-state index is 8.56. The van der Waals surface area contributed by atoms with Crippen molar-refractivity contribution in [3.05, 3.63) is 10.4 Å². The molecule has 0 bridgehead atoms. The zero-order chi connectivity index (χ0) is 9.98. The van der Waals surface area contributed by atoms with Gasteiger partial charge in [0.05, 0.1) is 12.6 Å². The lowest BCUT2D eigenvalue weighted by atomic mass is 10.1. The molecule has 1 atom stereocenters. The van der Waals surface area contributed by atoms with Crippen LogP contribution < -0.4 is 0 Å². The van der Waals surface area contributed by atoms with E-state index in [0.717, 1.165) is 0 Å². The lowest BCUT2D eigenvalue weighted by molar-refractivity contribution is 0.238. The van der Waals surface area contributed by atoms with E-state index < -0.39 is 0 Å². The quantitative estimate of drug-likeness (QED) is 0.298. The number of azide groups is 1. The number of rotatable bonds is 3. The van der Waals surface area contributed by atoms with Crippen LogP contribution in [0.2, 0.25) is 0 Å². The molecule has 0 aromatic rings. The molecule has 0 aliphatic carbocycles. The summed E-state index contributed by atoms with van der Waals surface area (Å²) in [5.74, 6) is 2.46. The first-order valence-corrected chi connectivity index (χ1v) is 3.66. The summed E-state index contributed by atoms with van der Waals surface area (Å²) in [6.07, 6.45) is 4.60. The molecule has 0 heterocycles. The topological polar surface area (TPSA) is 69.0 Å². The molecule has 0 fully saturated rings. The van der Waals surface area contributed by atoms with Crippen molar-refractivity contribution in [2.75, 3.05) is 6.61 Å². The molecule has 0 saturated heterocycles. The van der Waals surface area contributed by atoms with E-state index in [-0.39, 0.29) is 18.6 Å². The molecule has 0 unspecified atom stereocenters. The van der Waals surface area contributed by atoms with Gasteiger partial charge in [0.2, 0.25) is 0 Å². The highest BCUT2D eigenvalue weighted by Gasteiger charge is 2.07. The maximum Gasteiger partial charge on any atom is 0.0628 e. The van der Waals surface area contributed by atoms with Crippen molar-refractivity contribution in [1.82, 2.24) is 0 Å². The molecule has 0 aromatic carbocycles. The first kappa shape index (κ1) is 13.4. The van der Waals surface area contributed by atoms with E-state index in [1.165, 1.54) is 0 Å². The molecule has 0 radical (unpaired) electrons. The first-order valence-electron chi connectivity index (χ1n) is 3.66. The fraction of sp³-hybridized carbons (Fsp3) is 0.750. The molecule has 0 amide bonds. The highest BCUT2D eigenvalue weighted by Crippen LogP contribution is 2.04. The summed E-state index contributed by atoms with van der Waals surface area (Å²) < 4.78 is 0. The first-order chi connectivity index (χ1) is 5.63. The number of nitrogens with zero attached hydrogens (tertiary/aromatic N) is 3. The second-order valence-electron chi connectivity index (χ2n) is 2.49. The Labute approximate surface area is 73.2 Å². The molecule has 0 aliphatic rings. The van der Waals surface area contributed by atoms with Crippen LogP contribution in [-0.4, -0.2) is 17.8 Å². The van der Waals surface area contributed by atoms with Gasteiger partial charge in [-0.05, 0) is 18.4 Å². The highest BCUT2D eigenvalue weighted by atomic mass is 16.3. The van der Waals surface area contributed by atoms with E-state index >= 15 is 0 Å². The summed E-state index contributed by atoms with van der Waals surface area (Å²) in [6, 6.07) is -0.269. The molecule has 12 heavy (non-hydrogen) atoms. The normalized spacial score (nSPS) is 10.3. The fourth-order valence-corrected chi connectivity index (χ4v) is 0.447. The predicted molar refractivity (Wildman–Crippen MR) is 49.4 cm³/mol. The maximum atomic E-state index is 8.56. The van der Waals surface area contributed by atoms with Gasteiger partial charge in [-0.2, -0.15) is 0 Å². The van der Waals surface area contributed by atoms with Crippen LogP contribution in [0, 0.1) is 18.3 Å². The molecule has 0 saturated carbocycles. The van der Waals surface area contributed by atoms with E-state index in [2.05, 4.69) is 22.4 Å². The minimum absolute atomic E-state index is 0.0677. The second kappa shape index (κ2) is 9.83. The average molecular weight is 169 g/mol. The van der Waals surface area contributed by atoms with E-state index in [1.54, 1.807) is 6.92 Å². The van der Waals surface area contributed by atoms with E-state index in [1.807, 2.05) is 13.8 Å². The molecular weight excluding hydrogens is 154 g/mol. The molecule has 68 valence electrons. The number of aliphatic hydroxyl groups is 1. The zero-order valence-corrected chi connectivity index (χ0v) is 7.73. The Kier molecular flexibility index (Phi) is 11.0. The average Bonchev–Trinajstić information content (AvgIpc) is 2.01. The lowest BCUT2D eigenvalue weighted by Crippen LogP contribution is -2.16. The highest BCUT2D eigenvalue weighted by molar-refractivity contribution is 4.73. The Morgan fingerprint density at radius 3 is 2.17 bits per heavy atom. The van der Waals surface area contributed by atoms with Crippen molar-refractivity contribution < 1.29 is 5.11 Å². The van der Waals surface area contributed by atoms with Crippen LogP contribution in [-0.2, 0) is 0 Å². The van der Waals surface area contributed by atoms with Crippen LogP contribution in [0.5, 0.6) is 0 Å². The molecule has 0 aliphatic heterocycles. The van der Waals surface area contributed by atoms with Gasteiger partial charge in [-0.1, -0.05) is 19.0 Å².